The van der Waals surface area contributed by atoms with Gasteiger partial charge in [-0.2, -0.15) is 0 Å². The van der Waals surface area contributed by atoms with Gasteiger partial charge in [-0.25, -0.2) is 4.79 Å². The fourth-order valence-corrected chi connectivity index (χ4v) is 3.57. The highest BCUT2D eigenvalue weighted by atomic mass is 16.5. The van der Waals surface area contributed by atoms with E-state index >= 15 is 0 Å². The van der Waals surface area contributed by atoms with Gasteiger partial charge in [0.15, 0.2) is 6.10 Å². The van der Waals surface area contributed by atoms with E-state index < -0.39 is 6.10 Å². The highest BCUT2D eigenvalue weighted by molar-refractivity contribution is 5.83. The second-order valence-corrected chi connectivity index (χ2v) is 6.84. The van der Waals surface area contributed by atoms with Gasteiger partial charge in [0, 0.05) is 37.2 Å². The van der Waals surface area contributed by atoms with Crippen molar-refractivity contribution in [1.82, 2.24) is 4.90 Å². The van der Waals surface area contributed by atoms with Gasteiger partial charge in [0.1, 0.15) is 11.3 Å². The number of amides is 1. The van der Waals surface area contributed by atoms with Gasteiger partial charge in [-0.15, -0.1) is 0 Å². The molecule has 1 aromatic carbocycles. The van der Waals surface area contributed by atoms with Crippen molar-refractivity contribution in [3.8, 4) is 5.75 Å². The first-order valence-electron chi connectivity index (χ1n) is 9.65. The first-order valence-corrected chi connectivity index (χ1v) is 9.65. The fourth-order valence-electron chi connectivity index (χ4n) is 3.57. The number of carbonyl (C=O) groups excluding carboxylic acids is 1. The molecule has 146 valence electrons. The van der Waals surface area contributed by atoms with E-state index in [2.05, 4.69) is 0 Å². The summed E-state index contributed by atoms with van der Waals surface area (Å²) in [6.45, 7) is 7.81. The van der Waals surface area contributed by atoms with E-state index in [1.54, 1.807) is 13.0 Å². The van der Waals surface area contributed by atoms with Crippen molar-refractivity contribution in [3.05, 3.63) is 40.2 Å². The Labute approximate surface area is 159 Å². The normalized spacial score (nSPS) is 16.5. The maximum Gasteiger partial charge on any atom is 0.336 e. The molecule has 6 nitrogen and oxygen atoms in total. The lowest BCUT2D eigenvalue weighted by Gasteiger charge is -2.33. The molecule has 6 heteroatoms. The number of piperidine rings is 1. The Balaban J connectivity index is 1.68. The minimum absolute atomic E-state index is 0.0335. The molecule has 3 rings (SSSR count). The average molecular weight is 373 g/mol. The van der Waals surface area contributed by atoms with Gasteiger partial charge in [0.25, 0.3) is 5.91 Å². The van der Waals surface area contributed by atoms with E-state index in [0.29, 0.717) is 31.0 Å². The zero-order valence-electron chi connectivity index (χ0n) is 16.2. The molecule has 0 saturated carbocycles. The predicted octanol–water partition coefficient (Wildman–Crippen LogP) is 3.15. The van der Waals surface area contributed by atoms with Crippen LogP contribution < -0.4 is 10.4 Å². The van der Waals surface area contributed by atoms with Crippen molar-refractivity contribution >= 4 is 16.9 Å². The van der Waals surface area contributed by atoms with Crippen LogP contribution in [0.5, 0.6) is 5.75 Å². The first kappa shape index (κ1) is 19.4. The molecular weight excluding hydrogens is 346 g/mol. The number of aryl methyl sites for hydroxylation is 1. The van der Waals surface area contributed by atoms with Crippen molar-refractivity contribution in [2.75, 3.05) is 19.7 Å². The Bertz CT molecular complexity index is 851. The molecule has 2 heterocycles. The Morgan fingerprint density at radius 3 is 2.67 bits per heavy atom. The molecule has 1 aliphatic rings. The van der Waals surface area contributed by atoms with Crippen molar-refractivity contribution < 1.29 is 18.7 Å². The monoisotopic (exact) mass is 373 g/mol. The average Bonchev–Trinajstić information content (AvgIpc) is 2.67. The van der Waals surface area contributed by atoms with E-state index in [4.69, 9.17) is 13.9 Å². The lowest BCUT2D eigenvalue weighted by Crippen LogP contribution is -2.46. The minimum Gasteiger partial charge on any atom is -0.481 e. The van der Waals surface area contributed by atoms with Crippen molar-refractivity contribution in [1.29, 1.82) is 0 Å². The maximum atomic E-state index is 12.7. The number of nitrogens with zero attached hydrogens (tertiary/aromatic N) is 1. The van der Waals surface area contributed by atoms with Gasteiger partial charge in [-0.1, -0.05) is 6.92 Å². The van der Waals surface area contributed by atoms with E-state index in [1.807, 2.05) is 30.9 Å². The van der Waals surface area contributed by atoms with Crippen LogP contribution in [-0.2, 0) is 16.0 Å². The van der Waals surface area contributed by atoms with Crippen molar-refractivity contribution in [3.63, 3.8) is 0 Å². The molecule has 1 saturated heterocycles. The summed E-state index contributed by atoms with van der Waals surface area (Å²) < 4.78 is 16.8. The van der Waals surface area contributed by atoms with E-state index in [1.165, 1.54) is 6.07 Å². The third-order valence-corrected chi connectivity index (χ3v) is 5.00. The fraction of sp³-hybridized carbons (Fsp3) is 0.524. The second kappa shape index (κ2) is 8.57. The number of rotatable bonds is 6. The molecule has 1 fully saturated rings. The number of carbonyl (C=O) groups is 1. The van der Waals surface area contributed by atoms with Crippen molar-refractivity contribution in [2.24, 2.45) is 0 Å². The van der Waals surface area contributed by atoms with Gasteiger partial charge in [-0.05, 0) is 50.8 Å². The molecule has 0 radical (unpaired) electrons. The molecule has 1 aliphatic heterocycles. The Morgan fingerprint density at radius 2 is 2.00 bits per heavy atom. The number of fused-ring (bicyclic) bond motifs is 1. The van der Waals surface area contributed by atoms with Crippen LogP contribution in [0.4, 0.5) is 0 Å². The number of hydrogen-bond donors (Lipinski definition) is 0. The maximum absolute atomic E-state index is 12.7. The second-order valence-electron chi connectivity index (χ2n) is 6.84. The molecule has 0 N–H and O–H groups in total. The van der Waals surface area contributed by atoms with Gasteiger partial charge < -0.3 is 18.8 Å². The molecule has 0 bridgehead atoms. The summed E-state index contributed by atoms with van der Waals surface area (Å²) in [5, 5.41) is 0.890. The first-order chi connectivity index (χ1) is 13.0. The molecule has 1 aromatic heterocycles. The lowest BCUT2D eigenvalue weighted by atomic mass is 10.1. The van der Waals surface area contributed by atoms with Gasteiger partial charge in [-0.3, -0.25) is 4.79 Å². The summed E-state index contributed by atoms with van der Waals surface area (Å²) in [4.78, 5) is 26.2. The van der Waals surface area contributed by atoms with Crippen LogP contribution >= 0.6 is 0 Å². The number of ether oxygens (including phenoxy) is 2. The Kier molecular flexibility index (Phi) is 6.16. The zero-order chi connectivity index (χ0) is 19.4. The Hall–Kier alpha value is -2.34. The highest BCUT2D eigenvalue weighted by Gasteiger charge is 2.27. The smallest absolute Gasteiger partial charge is 0.336 e. The van der Waals surface area contributed by atoms with E-state index in [-0.39, 0.29) is 17.6 Å². The molecule has 27 heavy (non-hydrogen) atoms. The number of likely N-dealkylation sites (tertiary alicyclic amines) is 1. The zero-order valence-corrected chi connectivity index (χ0v) is 16.2. The van der Waals surface area contributed by atoms with Gasteiger partial charge in [0.05, 0.1) is 6.10 Å². The Morgan fingerprint density at radius 1 is 1.26 bits per heavy atom. The van der Waals surface area contributed by atoms with E-state index in [9.17, 15) is 9.59 Å². The van der Waals surface area contributed by atoms with Crippen LogP contribution in [0.1, 0.15) is 39.2 Å². The van der Waals surface area contributed by atoms with Gasteiger partial charge in [0.2, 0.25) is 0 Å². The minimum atomic E-state index is -0.604. The van der Waals surface area contributed by atoms with Crippen LogP contribution in [0.3, 0.4) is 0 Å². The molecular formula is C21H27NO5. The van der Waals surface area contributed by atoms with E-state index in [0.717, 1.165) is 30.2 Å². The number of hydrogen-bond acceptors (Lipinski definition) is 5. The number of benzene rings is 1. The standard InChI is InChI=1S/C21H27NO5/c1-4-15-12-20(23)27-19-13-17(6-7-18(15)19)26-14(3)21(24)22-10-8-16(9-11-22)25-5-2/h6-7,12-14,16H,4-5,8-11H2,1-3H3. The molecule has 0 spiro atoms. The molecule has 1 amide bonds. The molecule has 2 aromatic rings. The molecule has 0 aliphatic carbocycles. The van der Waals surface area contributed by atoms with Crippen LogP contribution in [-0.4, -0.2) is 42.7 Å². The van der Waals surface area contributed by atoms with Gasteiger partial charge >= 0.3 is 5.63 Å². The molecule has 1 unspecified atom stereocenters. The topological polar surface area (TPSA) is 69.0 Å². The largest absolute Gasteiger partial charge is 0.481 e. The summed E-state index contributed by atoms with van der Waals surface area (Å²) in [5.41, 5.74) is 1.04. The lowest BCUT2D eigenvalue weighted by molar-refractivity contribution is -0.140. The van der Waals surface area contributed by atoms with Crippen LogP contribution in [0.25, 0.3) is 11.0 Å². The summed E-state index contributed by atoms with van der Waals surface area (Å²) in [5.74, 6) is 0.484. The summed E-state index contributed by atoms with van der Waals surface area (Å²) in [6.07, 6.45) is 2.09. The predicted molar refractivity (Wildman–Crippen MR) is 103 cm³/mol. The quantitative estimate of drug-likeness (QED) is 0.728. The summed E-state index contributed by atoms with van der Waals surface area (Å²) in [6, 6.07) is 6.88. The third kappa shape index (κ3) is 4.50. The molecule has 1 atom stereocenters. The van der Waals surface area contributed by atoms with Crippen LogP contribution in [0.2, 0.25) is 0 Å². The highest BCUT2D eigenvalue weighted by Crippen LogP contribution is 2.24. The SMILES string of the molecule is CCOC1CCN(C(=O)C(C)Oc2ccc3c(CC)cc(=O)oc3c2)CC1. The summed E-state index contributed by atoms with van der Waals surface area (Å²) >= 11 is 0. The van der Waals surface area contributed by atoms with Crippen molar-refractivity contribution in [2.45, 2.75) is 52.2 Å². The van der Waals surface area contributed by atoms with Crippen LogP contribution in [0.15, 0.2) is 33.5 Å². The third-order valence-electron chi connectivity index (χ3n) is 5.00. The van der Waals surface area contributed by atoms with Crippen LogP contribution in [0, 0.1) is 0 Å². The summed E-state index contributed by atoms with van der Waals surface area (Å²) in [7, 11) is 0.